The summed E-state index contributed by atoms with van der Waals surface area (Å²) in [5, 5.41) is 9.66. The van der Waals surface area contributed by atoms with Gasteiger partial charge in [0.05, 0.1) is 0 Å². The monoisotopic (exact) mass is 440 g/mol. The number of aliphatic imine (C=N–C) groups is 1. The van der Waals surface area contributed by atoms with Gasteiger partial charge in [-0.25, -0.2) is 0 Å². The van der Waals surface area contributed by atoms with Crippen LogP contribution in [0.5, 0.6) is 5.75 Å². The van der Waals surface area contributed by atoms with Gasteiger partial charge in [0, 0.05) is 18.3 Å². The van der Waals surface area contributed by atoms with Crippen LogP contribution in [0, 0.1) is 0 Å². The summed E-state index contributed by atoms with van der Waals surface area (Å²) in [4.78, 5) is 4.42. The van der Waals surface area contributed by atoms with Gasteiger partial charge in [0.2, 0.25) is 0 Å². The van der Waals surface area contributed by atoms with Crippen molar-refractivity contribution in [3.63, 3.8) is 0 Å². The van der Waals surface area contributed by atoms with Gasteiger partial charge in [0.25, 0.3) is 0 Å². The molecule has 0 radical (unpaired) electrons. The molecule has 0 aromatic heterocycles. The number of hydrogen-bond acceptors (Lipinski definition) is 3. The summed E-state index contributed by atoms with van der Waals surface area (Å²) in [7, 11) is 0. The molecule has 1 N–H and O–H groups in total. The molecule has 0 saturated carbocycles. The Labute approximate surface area is 189 Å². The molecule has 0 aliphatic carbocycles. The summed E-state index contributed by atoms with van der Waals surface area (Å²) in [6.07, 6.45) is 24.1. The molecule has 0 amide bonds. The van der Waals surface area contributed by atoms with Gasteiger partial charge in [-0.2, -0.15) is 0 Å². The van der Waals surface area contributed by atoms with Gasteiger partial charge in [-0.1, -0.05) is 115 Å². The topological polar surface area (TPSA) is 49.7 Å². The Hall–Kier alpha value is -0.926. The first-order chi connectivity index (χ1) is 14.3. The average molecular weight is 441 g/mol. The Kier molecular flexibility index (Phi) is 22.6. The number of para-hydroxylation sites is 1. The molecule has 0 aliphatic heterocycles. The predicted molar refractivity (Wildman–Crippen MR) is 121 cm³/mol. The zero-order valence-corrected chi connectivity index (χ0v) is 20.1. The molecule has 0 heterocycles. The molecule has 0 bridgehead atoms. The van der Waals surface area contributed by atoms with E-state index in [4.69, 9.17) is 3.67 Å². The normalized spacial score (nSPS) is 10.8. The van der Waals surface area contributed by atoms with Crippen molar-refractivity contribution in [3.8, 4) is 5.75 Å². The first kappa shape index (κ1) is 28.1. The number of aromatic hydroxyl groups is 1. The van der Waals surface area contributed by atoms with E-state index in [1.807, 2.05) is 18.2 Å². The number of unbranched alkanes of at least 4 members (excludes halogenated alkanes) is 15. The van der Waals surface area contributed by atoms with Crippen molar-refractivity contribution in [1.82, 2.24) is 0 Å². The second kappa shape index (κ2) is 23.4. The van der Waals surface area contributed by atoms with Crippen LogP contribution in [-0.2, 0) is 21.0 Å². The fourth-order valence-electron chi connectivity index (χ4n) is 3.51. The molecule has 0 spiro atoms. The van der Waals surface area contributed by atoms with Crippen molar-refractivity contribution in [2.75, 3.05) is 6.54 Å². The molecule has 29 heavy (non-hydrogen) atoms. The molecule has 165 valence electrons. The zero-order chi connectivity index (χ0) is 21.4. The van der Waals surface area contributed by atoms with E-state index in [1.54, 1.807) is 12.3 Å². The van der Waals surface area contributed by atoms with Crippen molar-refractivity contribution in [3.05, 3.63) is 29.8 Å². The summed E-state index contributed by atoms with van der Waals surface area (Å²) >= 11 is 1.06. The van der Waals surface area contributed by atoms with E-state index in [9.17, 15) is 5.11 Å². The van der Waals surface area contributed by atoms with Crippen LogP contribution in [0.3, 0.4) is 0 Å². The SMILES string of the molecule is CCCCCCCCCCCCCCCCCCN=Cc1ccccc1O.[O]=[V]. The maximum atomic E-state index is 9.66. The molecule has 0 saturated heterocycles. The van der Waals surface area contributed by atoms with Crippen LogP contribution < -0.4 is 0 Å². The molecule has 1 aromatic carbocycles. The van der Waals surface area contributed by atoms with Crippen molar-refractivity contribution in [2.24, 2.45) is 4.99 Å². The van der Waals surface area contributed by atoms with Crippen LogP contribution in [0.1, 0.15) is 115 Å². The fraction of sp³-hybridized carbons (Fsp3) is 0.720. The summed E-state index contributed by atoms with van der Waals surface area (Å²) in [5.74, 6) is 0.313. The molecular formula is C25H43NO2V. The number of phenolic OH excluding ortho intramolecular Hbond substituents is 1. The standard InChI is InChI=1S/C25H43NO.O.V/c1-2-3-4-5-6-7-8-9-10-11-12-13-14-15-16-19-22-26-23-24-20-17-18-21-25(24)27;;/h17-18,20-21,23,27H,2-16,19,22H2,1H3;;. The number of benzene rings is 1. The van der Waals surface area contributed by atoms with E-state index in [0.29, 0.717) is 5.75 Å². The summed E-state index contributed by atoms with van der Waals surface area (Å²) < 4.78 is 8.19. The van der Waals surface area contributed by atoms with Gasteiger partial charge in [-0.3, -0.25) is 4.99 Å². The molecule has 0 atom stereocenters. The Morgan fingerprint density at radius 2 is 1.14 bits per heavy atom. The van der Waals surface area contributed by atoms with Crippen molar-refractivity contribution in [1.29, 1.82) is 0 Å². The second-order valence-electron chi connectivity index (χ2n) is 7.90. The van der Waals surface area contributed by atoms with Gasteiger partial charge >= 0.3 is 21.0 Å². The summed E-state index contributed by atoms with van der Waals surface area (Å²) in [5.41, 5.74) is 0.814. The third kappa shape index (κ3) is 18.8. The third-order valence-corrected chi connectivity index (χ3v) is 5.31. The Balaban J connectivity index is 0.00000379. The van der Waals surface area contributed by atoms with Gasteiger partial charge in [0.1, 0.15) is 5.75 Å². The Morgan fingerprint density at radius 3 is 1.59 bits per heavy atom. The average Bonchev–Trinajstić information content (AvgIpc) is 2.75. The van der Waals surface area contributed by atoms with Gasteiger partial charge < -0.3 is 5.11 Å². The van der Waals surface area contributed by atoms with Crippen molar-refractivity contribution in [2.45, 2.75) is 110 Å². The fourth-order valence-corrected chi connectivity index (χ4v) is 3.51. The van der Waals surface area contributed by atoms with Crippen LogP contribution in [0.25, 0.3) is 0 Å². The van der Waals surface area contributed by atoms with Crippen LogP contribution in [0.4, 0.5) is 0 Å². The quantitative estimate of drug-likeness (QED) is 0.186. The summed E-state index contributed by atoms with van der Waals surface area (Å²) in [6, 6.07) is 7.36. The van der Waals surface area contributed by atoms with Crippen LogP contribution >= 0.6 is 0 Å². The van der Waals surface area contributed by atoms with Crippen LogP contribution in [0.2, 0.25) is 0 Å². The summed E-state index contributed by atoms with van der Waals surface area (Å²) in [6.45, 7) is 3.15. The Morgan fingerprint density at radius 1 is 0.724 bits per heavy atom. The maximum absolute atomic E-state index is 9.66. The zero-order valence-electron chi connectivity index (χ0n) is 18.7. The molecular weight excluding hydrogens is 397 g/mol. The number of nitrogens with zero attached hydrogens (tertiary/aromatic N) is 1. The molecule has 0 unspecified atom stereocenters. The number of rotatable bonds is 18. The predicted octanol–water partition coefficient (Wildman–Crippen LogP) is 7.95. The first-order valence-electron chi connectivity index (χ1n) is 11.8. The number of hydrogen-bond donors (Lipinski definition) is 1. The van der Waals surface area contributed by atoms with E-state index < -0.39 is 0 Å². The van der Waals surface area contributed by atoms with Gasteiger partial charge in [-0.05, 0) is 18.6 Å². The molecule has 1 rings (SSSR count). The van der Waals surface area contributed by atoms with Crippen LogP contribution in [-0.4, -0.2) is 17.9 Å². The molecule has 4 heteroatoms. The van der Waals surface area contributed by atoms with E-state index in [1.165, 1.54) is 96.3 Å². The van der Waals surface area contributed by atoms with E-state index in [0.717, 1.165) is 35.9 Å². The van der Waals surface area contributed by atoms with E-state index in [-0.39, 0.29) is 0 Å². The number of phenols is 1. The van der Waals surface area contributed by atoms with Crippen molar-refractivity contribution >= 4 is 6.21 Å². The second-order valence-corrected chi connectivity index (χ2v) is 7.90. The van der Waals surface area contributed by atoms with E-state index in [2.05, 4.69) is 11.9 Å². The van der Waals surface area contributed by atoms with E-state index >= 15 is 0 Å². The Bertz CT molecular complexity index is 493. The van der Waals surface area contributed by atoms with Gasteiger partial charge in [0.15, 0.2) is 0 Å². The minimum atomic E-state index is 0.313. The first-order valence-corrected chi connectivity index (χ1v) is 12.4. The molecule has 0 aliphatic rings. The minimum absolute atomic E-state index is 0.313. The van der Waals surface area contributed by atoms with Crippen molar-refractivity contribution < 1.29 is 26.1 Å². The molecule has 1 aromatic rings. The molecule has 3 nitrogen and oxygen atoms in total. The van der Waals surface area contributed by atoms with Gasteiger partial charge in [-0.15, -0.1) is 0 Å². The van der Waals surface area contributed by atoms with Crippen LogP contribution in [0.15, 0.2) is 29.3 Å². The third-order valence-electron chi connectivity index (χ3n) is 5.31. The molecule has 0 fully saturated rings.